The SMILES string of the molecule is CCOc1ccc(NCCC(C)(C)C#N)cc1OCC. The summed E-state index contributed by atoms with van der Waals surface area (Å²) in [5.41, 5.74) is 0.673. The molecule has 0 radical (unpaired) electrons. The van der Waals surface area contributed by atoms with Crippen LogP contribution >= 0.6 is 0 Å². The van der Waals surface area contributed by atoms with Crippen molar-refractivity contribution in [2.75, 3.05) is 25.1 Å². The zero-order valence-electron chi connectivity index (χ0n) is 12.8. The number of nitrogens with one attached hydrogen (secondary N) is 1. The molecule has 1 aromatic rings. The van der Waals surface area contributed by atoms with Gasteiger partial charge in [-0.05, 0) is 46.2 Å². The second kappa shape index (κ2) is 7.64. The van der Waals surface area contributed by atoms with Crippen LogP contribution < -0.4 is 14.8 Å². The first-order valence-corrected chi connectivity index (χ1v) is 7.07. The van der Waals surface area contributed by atoms with Gasteiger partial charge in [-0.3, -0.25) is 0 Å². The zero-order chi connectivity index (χ0) is 15.0. The van der Waals surface area contributed by atoms with E-state index < -0.39 is 0 Å². The lowest BCUT2D eigenvalue weighted by Crippen LogP contribution is -2.14. The molecule has 0 aliphatic carbocycles. The second-order valence-electron chi connectivity index (χ2n) is 5.20. The molecule has 0 aliphatic heterocycles. The average molecular weight is 276 g/mol. The lowest BCUT2D eigenvalue weighted by atomic mass is 9.91. The number of hydrogen-bond donors (Lipinski definition) is 1. The summed E-state index contributed by atoms with van der Waals surface area (Å²) in [6.45, 7) is 9.75. The van der Waals surface area contributed by atoms with E-state index in [1.54, 1.807) is 0 Å². The van der Waals surface area contributed by atoms with E-state index in [1.165, 1.54) is 0 Å². The molecule has 0 aliphatic rings. The highest BCUT2D eigenvalue weighted by atomic mass is 16.5. The molecule has 110 valence electrons. The van der Waals surface area contributed by atoms with Crippen LogP contribution in [0.1, 0.15) is 34.1 Å². The molecule has 0 bridgehead atoms. The van der Waals surface area contributed by atoms with Crippen molar-refractivity contribution in [1.82, 2.24) is 0 Å². The first-order valence-electron chi connectivity index (χ1n) is 7.07. The molecular formula is C16H24N2O2. The van der Waals surface area contributed by atoms with E-state index in [0.29, 0.717) is 13.2 Å². The number of nitriles is 1. The van der Waals surface area contributed by atoms with Crippen molar-refractivity contribution < 1.29 is 9.47 Å². The van der Waals surface area contributed by atoms with E-state index in [9.17, 15) is 0 Å². The Bertz CT molecular complexity index is 464. The highest BCUT2D eigenvalue weighted by Gasteiger charge is 2.15. The third-order valence-electron chi connectivity index (χ3n) is 2.93. The summed E-state index contributed by atoms with van der Waals surface area (Å²) in [6.07, 6.45) is 0.792. The molecule has 0 saturated heterocycles. The van der Waals surface area contributed by atoms with E-state index in [2.05, 4.69) is 11.4 Å². The molecule has 1 aromatic carbocycles. The molecule has 0 amide bonds. The van der Waals surface area contributed by atoms with Crippen molar-refractivity contribution in [3.63, 3.8) is 0 Å². The molecule has 4 heteroatoms. The van der Waals surface area contributed by atoms with Gasteiger partial charge in [0.1, 0.15) is 0 Å². The maximum absolute atomic E-state index is 8.99. The van der Waals surface area contributed by atoms with Gasteiger partial charge in [0.05, 0.1) is 24.7 Å². The summed E-state index contributed by atoms with van der Waals surface area (Å²) in [7, 11) is 0. The van der Waals surface area contributed by atoms with E-state index in [0.717, 1.165) is 30.2 Å². The van der Waals surface area contributed by atoms with Gasteiger partial charge >= 0.3 is 0 Å². The van der Waals surface area contributed by atoms with Gasteiger partial charge in [0.25, 0.3) is 0 Å². The molecule has 0 heterocycles. The maximum atomic E-state index is 8.99. The number of anilines is 1. The fraction of sp³-hybridized carbons (Fsp3) is 0.562. The summed E-state index contributed by atoms with van der Waals surface area (Å²) in [5, 5.41) is 12.3. The van der Waals surface area contributed by atoms with Crippen LogP contribution in [-0.2, 0) is 0 Å². The van der Waals surface area contributed by atoms with Crippen molar-refractivity contribution in [3.8, 4) is 17.6 Å². The quantitative estimate of drug-likeness (QED) is 0.784. The third-order valence-corrected chi connectivity index (χ3v) is 2.93. The Hall–Kier alpha value is -1.89. The van der Waals surface area contributed by atoms with Crippen molar-refractivity contribution in [1.29, 1.82) is 5.26 Å². The fourth-order valence-electron chi connectivity index (χ4n) is 1.74. The fourth-order valence-corrected chi connectivity index (χ4v) is 1.74. The van der Waals surface area contributed by atoms with E-state index in [1.807, 2.05) is 45.9 Å². The summed E-state index contributed by atoms with van der Waals surface area (Å²) in [4.78, 5) is 0. The van der Waals surface area contributed by atoms with Crippen LogP contribution in [0, 0.1) is 16.7 Å². The van der Waals surface area contributed by atoms with Gasteiger partial charge in [0, 0.05) is 18.3 Å². The van der Waals surface area contributed by atoms with E-state index in [4.69, 9.17) is 14.7 Å². The lowest BCUT2D eigenvalue weighted by Gasteiger charge is -2.17. The first-order chi connectivity index (χ1) is 9.52. The predicted molar refractivity (Wildman–Crippen MR) is 81.3 cm³/mol. The molecule has 0 unspecified atom stereocenters. The molecule has 0 aromatic heterocycles. The highest BCUT2D eigenvalue weighted by molar-refractivity contribution is 5.54. The van der Waals surface area contributed by atoms with Crippen LogP contribution in [0.2, 0.25) is 0 Å². The number of ether oxygens (including phenoxy) is 2. The minimum atomic E-state index is -0.305. The third kappa shape index (κ3) is 5.00. The van der Waals surface area contributed by atoms with Crippen molar-refractivity contribution in [2.24, 2.45) is 5.41 Å². The lowest BCUT2D eigenvalue weighted by molar-refractivity contribution is 0.288. The number of nitrogens with zero attached hydrogens (tertiary/aromatic N) is 1. The number of rotatable bonds is 8. The summed E-state index contributed by atoms with van der Waals surface area (Å²) >= 11 is 0. The molecule has 0 spiro atoms. The second-order valence-corrected chi connectivity index (χ2v) is 5.20. The summed E-state index contributed by atoms with van der Waals surface area (Å²) < 4.78 is 11.1. The van der Waals surface area contributed by atoms with Gasteiger partial charge in [-0.2, -0.15) is 5.26 Å². The van der Waals surface area contributed by atoms with Crippen molar-refractivity contribution >= 4 is 5.69 Å². The van der Waals surface area contributed by atoms with Crippen LogP contribution in [0.15, 0.2) is 18.2 Å². The molecule has 20 heavy (non-hydrogen) atoms. The Balaban J connectivity index is 2.67. The van der Waals surface area contributed by atoms with Gasteiger partial charge in [-0.15, -0.1) is 0 Å². The first kappa shape index (κ1) is 16.2. The molecule has 1 N–H and O–H groups in total. The standard InChI is InChI=1S/C16H24N2O2/c1-5-19-14-8-7-13(11-15(14)20-6-2)18-10-9-16(3,4)12-17/h7-8,11,18H,5-6,9-10H2,1-4H3. The highest BCUT2D eigenvalue weighted by Crippen LogP contribution is 2.30. The largest absolute Gasteiger partial charge is 0.490 e. The van der Waals surface area contributed by atoms with Crippen LogP contribution in [0.4, 0.5) is 5.69 Å². The molecule has 1 rings (SSSR count). The van der Waals surface area contributed by atoms with Crippen LogP contribution in [-0.4, -0.2) is 19.8 Å². The van der Waals surface area contributed by atoms with Gasteiger partial charge < -0.3 is 14.8 Å². The molecule has 0 fully saturated rings. The Kier molecular flexibility index (Phi) is 6.17. The molecule has 0 atom stereocenters. The smallest absolute Gasteiger partial charge is 0.163 e. The van der Waals surface area contributed by atoms with Crippen LogP contribution in [0.25, 0.3) is 0 Å². The van der Waals surface area contributed by atoms with E-state index in [-0.39, 0.29) is 5.41 Å². The maximum Gasteiger partial charge on any atom is 0.163 e. The summed E-state index contributed by atoms with van der Waals surface area (Å²) in [5.74, 6) is 1.51. The minimum Gasteiger partial charge on any atom is -0.490 e. The monoisotopic (exact) mass is 276 g/mol. The average Bonchev–Trinajstić information content (AvgIpc) is 2.42. The molecule has 0 saturated carbocycles. The van der Waals surface area contributed by atoms with E-state index >= 15 is 0 Å². The summed E-state index contributed by atoms with van der Waals surface area (Å²) in [6, 6.07) is 8.11. The normalized spacial score (nSPS) is 10.8. The topological polar surface area (TPSA) is 54.3 Å². The van der Waals surface area contributed by atoms with Gasteiger partial charge in [0.15, 0.2) is 11.5 Å². The van der Waals surface area contributed by atoms with Gasteiger partial charge in [-0.1, -0.05) is 0 Å². The van der Waals surface area contributed by atoms with Crippen molar-refractivity contribution in [2.45, 2.75) is 34.1 Å². The Morgan fingerprint density at radius 1 is 1.15 bits per heavy atom. The molecular weight excluding hydrogens is 252 g/mol. The minimum absolute atomic E-state index is 0.305. The Morgan fingerprint density at radius 2 is 1.80 bits per heavy atom. The predicted octanol–water partition coefficient (Wildman–Crippen LogP) is 3.84. The Labute approximate surface area is 121 Å². The van der Waals surface area contributed by atoms with Crippen LogP contribution in [0.3, 0.4) is 0 Å². The Morgan fingerprint density at radius 3 is 2.40 bits per heavy atom. The van der Waals surface area contributed by atoms with Gasteiger partial charge in [-0.25, -0.2) is 0 Å². The van der Waals surface area contributed by atoms with Gasteiger partial charge in [0.2, 0.25) is 0 Å². The van der Waals surface area contributed by atoms with Crippen LogP contribution in [0.5, 0.6) is 11.5 Å². The number of hydrogen-bond acceptors (Lipinski definition) is 4. The molecule has 4 nitrogen and oxygen atoms in total. The number of benzene rings is 1. The zero-order valence-corrected chi connectivity index (χ0v) is 12.8. The van der Waals surface area contributed by atoms with Crippen molar-refractivity contribution in [3.05, 3.63) is 18.2 Å².